The molecule has 0 N–H and O–H groups in total. The summed E-state index contributed by atoms with van der Waals surface area (Å²) in [4.78, 5) is 16.6. The molecular weight excluding hydrogens is 345 g/mol. The SMILES string of the molecule is O=C1CC(CS)CN1c1ncc(Br)cc1C(F)(F)F. The second kappa shape index (κ2) is 5.32. The van der Waals surface area contributed by atoms with E-state index in [2.05, 4.69) is 33.5 Å². The van der Waals surface area contributed by atoms with Crippen LogP contribution in [0.2, 0.25) is 0 Å². The lowest BCUT2D eigenvalue weighted by atomic mass is 10.1. The molecule has 104 valence electrons. The van der Waals surface area contributed by atoms with Crippen molar-refractivity contribution in [1.29, 1.82) is 0 Å². The predicted molar refractivity (Wildman–Crippen MR) is 71.3 cm³/mol. The molecule has 1 saturated heterocycles. The second-order valence-electron chi connectivity index (χ2n) is 4.28. The molecule has 1 aliphatic rings. The van der Waals surface area contributed by atoms with Gasteiger partial charge in [-0.1, -0.05) is 0 Å². The Hall–Kier alpha value is -0.760. The van der Waals surface area contributed by atoms with Gasteiger partial charge in [-0.2, -0.15) is 25.8 Å². The van der Waals surface area contributed by atoms with Gasteiger partial charge in [-0.05, 0) is 33.7 Å². The Morgan fingerprint density at radius 1 is 1.53 bits per heavy atom. The van der Waals surface area contributed by atoms with Crippen molar-refractivity contribution in [2.75, 3.05) is 17.2 Å². The lowest BCUT2D eigenvalue weighted by molar-refractivity contribution is -0.137. The van der Waals surface area contributed by atoms with E-state index in [1.165, 1.54) is 6.20 Å². The zero-order chi connectivity index (χ0) is 14.2. The highest BCUT2D eigenvalue weighted by molar-refractivity contribution is 9.10. The summed E-state index contributed by atoms with van der Waals surface area (Å²) < 4.78 is 39.1. The molecule has 0 radical (unpaired) electrons. The Morgan fingerprint density at radius 2 is 2.21 bits per heavy atom. The topological polar surface area (TPSA) is 33.2 Å². The van der Waals surface area contributed by atoms with Crippen LogP contribution in [-0.2, 0) is 11.0 Å². The Morgan fingerprint density at radius 3 is 2.74 bits per heavy atom. The van der Waals surface area contributed by atoms with Gasteiger partial charge >= 0.3 is 6.18 Å². The fraction of sp³-hybridized carbons (Fsp3) is 0.455. The van der Waals surface area contributed by atoms with Crippen LogP contribution < -0.4 is 4.90 Å². The van der Waals surface area contributed by atoms with Gasteiger partial charge in [0.15, 0.2) is 0 Å². The van der Waals surface area contributed by atoms with Gasteiger partial charge in [-0.25, -0.2) is 4.98 Å². The number of hydrogen-bond donors (Lipinski definition) is 1. The number of pyridine rings is 1. The Labute approximate surface area is 121 Å². The van der Waals surface area contributed by atoms with E-state index in [1.54, 1.807) is 0 Å². The summed E-state index contributed by atoms with van der Waals surface area (Å²) in [6.45, 7) is 0.222. The van der Waals surface area contributed by atoms with Gasteiger partial charge in [-0.15, -0.1) is 0 Å². The maximum atomic E-state index is 13.0. The molecule has 1 aliphatic heterocycles. The summed E-state index contributed by atoms with van der Waals surface area (Å²) in [6, 6.07) is 0.934. The van der Waals surface area contributed by atoms with Crippen molar-refractivity contribution < 1.29 is 18.0 Å². The van der Waals surface area contributed by atoms with Crippen LogP contribution in [-0.4, -0.2) is 23.2 Å². The minimum absolute atomic E-state index is 0.0395. The van der Waals surface area contributed by atoms with Gasteiger partial charge in [0.1, 0.15) is 5.82 Å². The monoisotopic (exact) mass is 354 g/mol. The predicted octanol–water partition coefficient (Wildman–Crippen LogP) is 3.15. The third-order valence-electron chi connectivity index (χ3n) is 2.86. The maximum Gasteiger partial charge on any atom is 0.420 e. The molecule has 2 rings (SSSR count). The van der Waals surface area contributed by atoms with E-state index >= 15 is 0 Å². The Balaban J connectivity index is 2.43. The highest BCUT2D eigenvalue weighted by atomic mass is 79.9. The van der Waals surface area contributed by atoms with Crippen molar-refractivity contribution in [3.8, 4) is 0 Å². The average Bonchev–Trinajstić information content (AvgIpc) is 2.69. The third-order valence-corrected chi connectivity index (χ3v) is 3.81. The van der Waals surface area contributed by atoms with Crippen molar-refractivity contribution in [3.05, 3.63) is 22.3 Å². The number of carbonyl (C=O) groups is 1. The van der Waals surface area contributed by atoms with E-state index in [4.69, 9.17) is 0 Å². The summed E-state index contributed by atoms with van der Waals surface area (Å²) in [5.41, 5.74) is -0.907. The standard InChI is InChI=1S/C11H10BrF3N2OS/c12-7-2-8(11(13,14)15)10(16-3-7)17-4-6(5-19)1-9(17)18/h2-3,6,19H,1,4-5H2. The van der Waals surface area contributed by atoms with Crippen LogP contribution in [0.5, 0.6) is 0 Å². The van der Waals surface area contributed by atoms with Gasteiger partial charge in [0.2, 0.25) is 5.91 Å². The van der Waals surface area contributed by atoms with E-state index in [1.807, 2.05) is 0 Å². The fourth-order valence-electron chi connectivity index (χ4n) is 1.96. The van der Waals surface area contributed by atoms with E-state index in [0.29, 0.717) is 5.75 Å². The third kappa shape index (κ3) is 3.05. The first kappa shape index (κ1) is 14.6. The van der Waals surface area contributed by atoms with Crippen LogP contribution in [0.15, 0.2) is 16.7 Å². The normalized spacial score (nSPS) is 20.2. The first-order chi connectivity index (χ1) is 8.82. The summed E-state index contributed by atoms with van der Waals surface area (Å²) >= 11 is 7.04. The van der Waals surface area contributed by atoms with Crippen molar-refractivity contribution in [2.45, 2.75) is 12.6 Å². The summed E-state index contributed by atoms with van der Waals surface area (Å²) in [5.74, 6) is -0.258. The molecule has 1 amide bonds. The molecule has 0 saturated carbocycles. The highest BCUT2D eigenvalue weighted by Crippen LogP contribution is 2.38. The molecule has 1 fully saturated rings. The number of anilines is 1. The van der Waals surface area contributed by atoms with E-state index in [9.17, 15) is 18.0 Å². The van der Waals surface area contributed by atoms with Crippen LogP contribution >= 0.6 is 28.6 Å². The van der Waals surface area contributed by atoms with Crippen molar-refractivity contribution in [2.24, 2.45) is 5.92 Å². The lowest BCUT2D eigenvalue weighted by Crippen LogP contribution is -2.28. The lowest BCUT2D eigenvalue weighted by Gasteiger charge is -2.20. The minimum Gasteiger partial charge on any atom is -0.296 e. The Kier molecular flexibility index (Phi) is 4.10. The van der Waals surface area contributed by atoms with Crippen LogP contribution in [0.4, 0.5) is 19.0 Å². The number of hydrogen-bond acceptors (Lipinski definition) is 3. The molecule has 2 heterocycles. The van der Waals surface area contributed by atoms with Crippen molar-refractivity contribution >= 4 is 40.3 Å². The first-order valence-corrected chi connectivity index (χ1v) is 6.89. The molecule has 3 nitrogen and oxygen atoms in total. The summed E-state index contributed by atoms with van der Waals surface area (Å²) in [7, 11) is 0. The minimum atomic E-state index is -4.55. The smallest absolute Gasteiger partial charge is 0.296 e. The van der Waals surface area contributed by atoms with Gasteiger partial charge in [-0.3, -0.25) is 9.69 Å². The Bertz CT molecular complexity index is 509. The molecule has 1 aromatic rings. The molecular formula is C11H10BrF3N2OS. The van der Waals surface area contributed by atoms with Gasteiger partial charge in [0.05, 0.1) is 5.56 Å². The van der Waals surface area contributed by atoms with E-state index in [0.717, 1.165) is 11.0 Å². The van der Waals surface area contributed by atoms with Crippen molar-refractivity contribution in [1.82, 2.24) is 4.98 Å². The number of nitrogens with zero attached hydrogens (tertiary/aromatic N) is 2. The number of rotatable bonds is 2. The molecule has 1 atom stereocenters. The van der Waals surface area contributed by atoms with E-state index < -0.39 is 11.7 Å². The summed E-state index contributed by atoms with van der Waals surface area (Å²) in [5, 5.41) is 0. The van der Waals surface area contributed by atoms with Crippen LogP contribution in [0.1, 0.15) is 12.0 Å². The molecule has 1 unspecified atom stereocenters. The molecule has 0 aromatic carbocycles. The number of thiol groups is 1. The average molecular weight is 355 g/mol. The van der Waals surface area contributed by atoms with E-state index in [-0.39, 0.29) is 35.1 Å². The molecule has 0 aliphatic carbocycles. The van der Waals surface area contributed by atoms with Crippen molar-refractivity contribution in [3.63, 3.8) is 0 Å². The number of amides is 1. The zero-order valence-corrected chi connectivity index (χ0v) is 12.1. The quantitative estimate of drug-likeness (QED) is 0.827. The largest absolute Gasteiger partial charge is 0.420 e. The zero-order valence-electron chi connectivity index (χ0n) is 9.62. The number of halogens is 4. The molecule has 0 bridgehead atoms. The molecule has 8 heteroatoms. The van der Waals surface area contributed by atoms with Crippen LogP contribution in [0.3, 0.4) is 0 Å². The highest BCUT2D eigenvalue weighted by Gasteiger charge is 2.40. The molecule has 0 spiro atoms. The number of carbonyl (C=O) groups excluding carboxylic acids is 1. The van der Waals surface area contributed by atoms with Crippen LogP contribution in [0, 0.1) is 5.92 Å². The molecule has 19 heavy (non-hydrogen) atoms. The van der Waals surface area contributed by atoms with Gasteiger partial charge in [0.25, 0.3) is 0 Å². The first-order valence-electron chi connectivity index (χ1n) is 5.47. The summed E-state index contributed by atoms with van der Waals surface area (Å²) in [6.07, 6.45) is -3.09. The van der Waals surface area contributed by atoms with Gasteiger partial charge in [0, 0.05) is 23.6 Å². The molecule has 1 aromatic heterocycles. The fourth-order valence-corrected chi connectivity index (χ4v) is 2.54. The van der Waals surface area contributed by atoms with Gasteiger partial charge < -0.3 is 0 Å². The maximum absolute atomic E-state index is 13.0. The van der Waals surface area contributed by atoms with Crippen LogP contribution in [0.25, 0.3) is 0 Å². The number of aromatic nitrogens is 1. The second-order valence-corrected chi connectivity index (χ2v) is 5.56. The number of alkyl halides is 3.